The van der Waals surface area contributed by atoms with Crippen molar-refractivity contribution in [1.29, 1.82) is 0 Å². The second kappa shape index (κ2) is 12.4. The number of amides is 1. The number of nitrogens with zero attached hydrogens (tertiary/aromatic N) is 2. The van der Waals surface area contributed by atoms with Gasteiger partial charge in [0.25, 0.3) is 0 Å². The van der Waals surface area contributed by atoms with E-state index >= 15 is 0 Å². The Hall–Kier alpha value is -3.80. The molecule has 218 valence electrons. The van der Waals surface area contributed by atoms with Gasteiger partial charge in [-0.1, -0.05) is 11.6 Å². The molecule has 2 atom stereocenters. The first kappa shape index (κ1) is 30.2. The minimum Gasteiger partial charge on any atom is -0.490 e. The highest BCUT2D eigenvalue weighted by molar-refractivity contribution is 6.33. The maximum atomic E-state index is 14.5. The van der Waals surface area contributed by atoms with Gasteiger partial charge in [-0.05, 0) is 67.3 Å². The average molecular weight is 599 g/mol. The smallest absolute Gasteiger partial charge is 0.397 e. The molecule has 2 aliphatic rings. The Kier molecular flexibility index (Phi) is 9.11. The summed E-state index contributed by atoms with van der Waals surface area (Å²) in [7, 11) is 0. The van der Waals surface area contributed by atoms with Crippen LogP contribution in [0.4, 0.5) is 32.0 Å². The van der Waals surface area contributed by atoms with E-state index in [-0.39, 0.29) is 51.3 Å². The number of carbonyl (C=O) groups is 1. The molecule has 1 aromatic heterocycles. The van der Waals surface area contributed by atoms with Crippen LogP contribution in [0, 0.1) is 5.82 Å². The molecule has 0 saturated heterocycles. The number of nitrogens with two attached hydrogens (primary N) is 2. The van der Waals surface area contributed by atoms with E-state index in [1.54, 1.807) is 0 Å². The van der Waals surface area contributed by atoms with Crippen LogP contribution < -0.4 is 16.2 Å². The van der Waals surface area contributed by atoms with Crippen molar-refractivity contribution in [2.75, 3.05) is 12.3 Å². The Labute approximate surface area is 236 Å². The lowest BCUT2D eigenvalue weighted by atomic mass is 9.90. The van der Waals surface area contributed by atoms with Crippen molar-refractivity contribution in [2.24, 2.45) is 10.7 Å². The topological polar surface area (TPSA) is 104 Å². The second-order valence-corrected chi connectivity index (χ2v) is 10.0. The Morgan fingerprint density at radius 1 is 1.15 bits per heavy atom. The van der Waals surface area contributed by atoms with Crippen LogP contribution in [-0.2, 0) is 11.2 Å². The number of nitrogen functional groups attached to an aromatic ring is 1. The third kappa shape index (κ3) is 7.10. The summed E-state index contributed by atoms with van der Waals surface area (Å²) in [6.07, 6.45) is -4.58. The van der Waals surface area contributed by atoms with Crippen LogP contribution in [0.5, 0.6) is 5.75 Å². The van der Waals surface area contributed by atoms with E-state index in [4.69, 9.17) is 26.9 Å². The summed E-state index contributed by atoms with van der Waals surface area (Å²) in [5.74, 6) is -4.17. The normalized spacial score (nSPS) is 17.1. The van der Waals surface area contributed by atoms with E-state index in [1.807, 2.05) is 0 Å². The fraction of sp³-hybridized carbons (Fsp3) is 0.321. The molecule has 4 N–H and O–H groups in total. The van der Waals surface area contributed by atoms with E-state index in [0.29, 0.717) is 5.56 Å². The zero-order valence-corrected chi connectivity index (χ0v) is 22.1. The molecule has 5 rings (SSSR count). The number of aromatic nitrogens is 1. The van der Waals surface area contributed by atoms with Crippen molar-refractivity contribution < 1.29 is 35.9 Å². The fourth-order valence-corrected chi connectivity index (χ4v) is 4.66. The third-order valence-corrected chi connectivity index (χ3v) is 6.95. The summed E-state index contributed by atoms with van der Waals surface area (Å²) in [4.78, 5) is 17.2. The monoisotopic (exact) mass is 598 g/mol. The van der Waals surface area contributed by atoms with Gasteiger partial charge in [-0.2, -0.15) is 13.2 Å². The molecule has 1 aliphatic carbocycles. The number of fused-ring (bicyclic) bond motifs is 1. The zero-order valence-electron chi connectivity index (χ0n) is 21.3. The van der Waals surface area contributed by atoms with Crippen LogP contribution in [-0.4, -0.2) is 42.9 Å². The van der Waals surface area contributed by atoms with Crippen molar-refractivity contribution >= 4 is 29.9 Å². The summed E-state index contributed by atoms with van der Waals surface area (Å²) >= 11 is 6.23. The number of aliphatic imine (C=N–C) groups is 1. The predicted octanol–water partition coefficient (Wildman–Crippen LogP) is 6.44. The van der Waals surface area contributed by atoms with Gasteiger partial charge in [0.2, 0.25) is 12.8 Å². The lowest BCUT2D eigenvalue weighted by Crippen LogP contribution is -2.24. The lowest BCUT2D eigenvalue weighted by Gasteiger charge is -2.23. The molecule has 6 nitrogen and oxygen atoms in total. The molecule has 3 aromatic rings. The first-order valence-electron chi connectivity index (χ1n) is 12.5. The maximum Gasteiger partial charge on any atom is 0.397 e. The van der Waals surface area contributed by atoms with Crippen molar-refractivity contribution in [3.05, 3.63) is 75.7 Å². The largest absolute Gasteiger partial charge is 0.490 e. The molecule has 2 unspecified atom stereocenters. The lowest BCUT2D eigenvalue weighted by molar-refractivity contribution is -0.151. The van der Waals surface area contributed by atoms with Crippen LogP contribution in [0.15, 0.2) is 47.5 Å². The summed E-state index contributed by atoms with van der Waals surface area (Å²) in [5, 5.41) is 0.0840. The molecule has 2 aromatic carbocycles. The second-order valence-electron chi connectivity index (χ2n) is 9.60. The number of halogens is 7. The standard InChI is InChI=1S/C27H22ClF6N3O.CH3NO/c28-21-9-13(7-15(23(21)35)11-36-17-5-6-17)8-20(27(32,33)34)22-10-18-19(26(30)31)12-38-25(18)24(37-22)14-1-3-16(29)4-2-14;2-1-3/h1-4,7,9-11,17,19-20,26H,5-6,8,12,35H2;1H,(H2,2,3). The number of ether oxygens (including phenoxy) is 1. The highest BCUT2D eigenvalue weighted by atomic mass is 35.5. The molecule has 13 heteroatoms. The van der Waals surface area contributed by atoms with Crippen LogP contribution in [0.2, 0.25) is 5.02 Å². The summed E-state index contributed by atoms with van der Waals surface area (Å²) < 4.78 is 89.9. The Balaban J connectivity index is 0.00000124. The van der Waals surface area contributed by atoms with E-state index in [0.717, 1.165) is 31.0 Å². The number of alkyl halides is 5. The highest BCUT2D eigenvalue weighted by Gasteiger charge is 2.44. The number of primary amides is 1. The summed E-state index contributed by atoms with van der Waals surface area (Å²) in [5.41, 5.74) is 10.7. The molecule has 0 spiro atoms. The predicted molar refractivity (Wildman–Crippen MR) is 143 cm³/mol. The van der Waals surface area contributed by atoms with Crippen LogP contribution >= 0.6 is 11.6 Å². The molecular formula is C28H25ClF6N4O2. The minimum absolute atomic E-state index is 0.0271. The van der Waals surface area contributed by atoms with Crippen molar-refractivity contribution in [1.82, 2.24) is 4.98 Å². The van der Waals surface area contributed by atoms with Crippen molar-refractivity contribution in [2.45, 2.75) is 49.7 Å². The molecule has 1 fully saturated rings. The quantitative estimate of drug-likeness (QED) is 0.141. The summed E-state index contributed by atoms with van der Waals surface area (Å²) in [6.45, 7) is -0.403. The van der Waals surface area contributed by atoms with Crippen LogP contribution in [0.3, 0.4) is 0 Å². The van der Waals surface area contributed by atoms with Gasteiger partial charge < -0.3 is 16.2 Å². The highest BCUT2D eigenvalue weighted by Crippen LogP contribution is 2.47. The van der Waals surface area contributed by atoms with Gasteiger partial charge in [0.1, 0.15) is 29.8 Å². The molecule has 41 heavy (non-hydrogen) atoms. The number of rotatable bonds is 7. The molecule has 0 radical (unpaired) electrons. The Bertz CT molecular complexity index is 1430. The van der Waals surface area contributed by atoms with Gasteiger partial charge in [-0.25, -0.2) is 18.2 Å². The van der Waals surface area contributed by atoms with Gasteiger partial charge in [0.15, 0.2) is 0 Å². The number of hydrogen-bond acceptors (Lipinski definition) is 5. The molecule has 2 heterocycles. The Morgan fingerprint density at radius 2 is 1.80 bits per heavy atom. The average Bonchev–Trinajstić information content (AvgIpc) is 3.64. The van der Waals surface area contributed by atoms with E-state index < -0.39 is 49.0 Å². The van der Waals surface area contributed by atoms with Crippen LogP contribution in [0.1, 0.15) is 47.1 Å². The maximum absolute atomic E-state index is 14.5. The van der Waals surface area contributed by atoms with Crippen LogP contribution in [0.25, 0.3) is 11.3 Å². The van der Waals surface area contributed by atoms with Gasteiger partial charge in [-0.15, -0.1) is 0 Å². The first-order valence-corrected chi connectivity index (χ1v) is 12.9. The zero-order chi connectivity index (χ0) is 29.9. The van der Waals surface area contributed by atoms with Crippen molar-refractivity contribution in [3.8, 4) is 17.0 Å². The molecule has 1 saturated carbocycles. The minimum atomic E-state index is -4.78. The van der Waals surface area contributed by atoms with E-state index in [9.17, 15) is 26.3 Å². The van der Waals surface area contributed by atoms with E-state index in [1.165, 1.54) is 30.5 Å². The number of benzene rings is 2. The first-order chi connectivity index (χ1) is 19.4. The molecule has 1 amide bonds. The summed E-state index contributed by atoms with van der Waals surface area (Å²) in [6, 6.07) is 8.90. The number of hydrogen-bond donors (Lipinski definition) is 2. The van der Waals surface area contributed by atoms with Gasteiger partial charge in [-0.3, -0.25) is 9.79 Å². The van der Waals surface area contributed by atoms with Gasteiger partial charge in [0.05, 0.1) is 28.4 Å². The van der Waals surface area contributed by atoms with Gasteiger partial charge in [0, 0.05) is 22.9 Å². The molecule has 1 aliphatic heterocycles. The number of carbonyl (C=O) groups excluding carboxylic acids is 1. The number of anilines is 1. The van der Waals surface area contributed by atoms with Gasteiger partial charge >= 0.3 is 6.18 Å². The molecule has 0 bridgehead atoms. The Morgan fingerprint density at radius 3 is 2.39 bits per heavy atom. The van der Waals surface area contributed by atoms with E-state index in [2.05, 4.69) is 15.7 Å². The number of pyridine rings is 1. The van der Waals surface area contributed by atoms with Crippen molar-refractivity contribution in [3.63, 3.8) is 0 Å². The third-order valence-electron chi connectivity index (χ3n) is 6.63. The molecular weight excluding hydrogens is 574 g/mol. The fourth-order valence-electron chi connectivity index (χ4n) is 4.41. The SMILES string of the molecule is NC=O.Nc1c(Cl)cc(CC(c2cc3c(c(-c4ccc(F)cc4)n2)OCC3C(F)F)C(F)(F)F)cc1C=NC1CC1.